The molecule has 0 saturated carbocycles. The number of rotatable bonds is 8. The average molecular weight is 587 g/mol. The fourth-order valence-electron chi connectivity index (χ4n) is 5.15. The molecule has 3 aromatic rings. The Kier molecular flexibility index (Phi) is 8.32. The molecule has 0 spiro atoms. The van der Waals surface area contributed by atoms with Crippen LogP contribution in [0.5, 0.6) is 0 Å². The largest absolute Gasteiger partial charge is 0.416 e. The van der Waals surface area contributed by atoms with Gasteiger partial charge >= 0.3 is 11.9 Å². The average Bonchev–Trinajstić information content (AvgIpc) is 3.26. The molecule has 2 aromatic carbocycles. The number of sulfone groups is 1. The molecule has 1 atom stereocenters. The van der Waals surface area contributed by atoms with Gasteiger partial charge in [-0.2, -0.15) is 13.2 Å². The van der Waals surface area contributed by atoms with Crippen molar-refractivity contribution in [3.63, 3.8) is 0 Å². The first kappa shape index (κ1) is 29.3. The van der Waals surface area contributed by atoms with Gasteiger partial charge < -0.3 is 9.88 Å². The molecule has 1 aromatic heterocycles. The van der Waals surface area contributed by atoms with E-state index in [1.807, 2.05) is 23.9 Å². The van der Waals surface area contributed by atoms with Gasteiger partial charge in [-0.3, -0.25) is 14.3 Å². The van der Waals surface area contributed by atoms with Gasteiger partial charge in [0.2, 0.25) is 0 Å². The Morgan fingerprint density at radius 2 is 1.82 bits per heavy atom. The third kappa shape index (κ3) is 6.40. The van der Waals surface area contributed by atoms with E-state index in [9.17, 15) is 31.2 Å². The summed E-state index contributed by atoms with van der Waals surface area (Å²) in [6.45, 7) is 3.12. The van der Waals surface area contributed by atoms with Crippen LogP contribution in [0.2, 0.25) is 5.02 Å². The van der Waals surface area contributed by atoms with Crippen molar-refractivity contribution in [2.24, 2.45) is 5.92 Å². The predicted molar refractivity (Wildman–Crippen MR) is 144 cm³/mol. The molecule has 1 fully saturated rings. The second-order valence-corrected chi connectivity index (χ2v) is 12.9. The molecule has 0 bridgehead atoms. The first-order valence-corrected chi connectivity index (χ1v) is 14.5. The number of alkyl halides is 3. The molecular weight excluding hydrogens is 557 g/mol. The standard InChI is InChI=1S/C26H30ClF3N4O4S/c1-4-39(37,38)23-6-5-19(27)9-18(23)15-34-24(35)20-11-21(26(28,29)30)17(10-22(20)31-25(34)36)14-33-8-7-16(13-33)12-32(2)3/h5-6,9-11,16H,4,7-8,12-15H2,1-3H3,(H,31,36). The number of aromatic nitrogens is 2. The maximum Gasteiger partial charge on any atom is 0.416 e. The molecule has 2 heterocycles. The number of hydrogen-bond donors (Lipinski definition) is 1. The van der Waals surface area contributed by atoms with Crippen molar-refractivity contribution < 1.29 is 21.6 Å². The van der Waals surface area contributed by atoms with Crippen molar-refractivity contribution in [1.82, 2.24) is 19.4 Å². The Balaban J connectivity index is 1.78. The van der Waals surface area contributed by atoms with E-state index in [1.165, 1.54) is 31.2 Å². The monoisotopic (exact) mass is 586 g/mol. The summed E-state index contributed by atoms with van der Waals surface area (Å²) in [7, 11) is 0.172. The quantitative estimate of drug-likeness (QED) is 0.434. The Bertz CT molecular complexity index is 1620. The van der Waals surface area contributed by atoms with Gasteiger partial charge in [0.05, 0.1) is 33.7 Å². The van der Waals surface area contributed by atoms with E-state index >= 15 is 0 Å². The first-order valence-electron chi connectivity index (χ1n) is 12.4. The highest BCUT2D eigenvalue weighted by Gasteiger charge is 2.35. The van der Waals surface area contributed by atoms with Crippen LogP contribution in [0.4, 0.5) is 13.2 Å². The molecule has 1 saturated heterocycles. The van der Waals surface area contributed by atoms with Crippen LogP contribution in [0.25, 0.3) is 10.9 Å². The third-order valence-electron chi connectivity index (χ3n) is 6.96. The minimum atomic E-state index is -4.73. The number of likely N-dealkylation sites (tertiary alicyclic amines) is 1. The molecule has 212 valence electrons. The first-order chi connectivity index (χ1) is 18.2. The second kappa shape index (κ2) is 11.1. The normalized spacial score (nSPS) is 17.0. The van der Waals surface area contributed by atoms with E-state index in [2.05, 4.69) is 4.98 Å². The molecule has 1 N–H and O–H groups in total. The van der Waals surface area contributed by atoms with Gasteiger partial charge in [-0.1, -0.05) is 18.5 Å². The number of halogens is 4. The fraction of sp³-hybridized carbons (Fsp3) is 0.462. The van der Waals surface area contributed by atoms with E-state index in [-0.39, 0.29) is 44.2 Å². The topological polar surface area (TPSA) is 95.5 Å². The zero-order valence-electron chi connectivity index (χ0n) is 21.8. The lowest BCUT2D eigenvalue weighted by molar-refractivity contribution is -0.138. The molecule has 0 aliphatic carbocycles. The van der Waals surface area contributed by atoms with Crippen molar-refractivity contribution in [3.8, 4) is 0 Å². The number of nitrogens with one attached hydrogen (secondary N) is 1. The highest BCUT2D eigenvalue weighted by molar-refractivity contribution is 7.91. The molecule has 0 amide bonds. The van der Waals surface area contributed by atoms with Crippen LogP contribution in [-0.2, 0) is 29.1 Å². The smallest absolute Gasteiger partial charge is 0.309 e. The second-order valence-electron chi connectivity index (χ2n) is 10.2. The summed E-state index contributed by atoms with van der Waals surface area (Å²) in [5.74, 6) is 0.115. The van der Waals surface area contributed by atoms with Crippen molar-refractivity contribution in [2.45, 2.75) is 37.5 Å². The molecule has 13 heteroatoms. The van der Waals surface area contributed by atoms with Crippen LogP contribution in [0.15, 0.2) is 44.8 Å². The lowest BCUT2D eigenvalue weighted by atomic mass is 10.0. The van der Waals surface area contributed by atoms with Gasteiger partial charge in [0.15, 0.2) is 9.84 Å². The van der Waals surface area contributed by atoms with Crippen molar-refractivity contribution >= 4 is 32.3 Å². The Morgan fingerprint density at radius 1 is 1.10 bits per heavy atom. The number of hydrogen-bond acceptors (Lipinski definition) is 6. The number of H-pyrrole nitrogens is 1. The zero-order chi connectivity index (χ0) is 28.7. The summed E-state index contributed by atoms with van der Waals surface area (Å²) in [5, 5.41) is -0.136. The van der Waals surface area contributed by atoms with Crippen molar-refractivity contribution in [3.05, 3.63) is 72.9 Å². The lowest BCUT2D eigenvalue weighted by Crippen LogP contribution is -2.36. The summed E-state index contributed by atoms with van der Waals surface area (Å²) < 4.78 is 68.2. The van der Waals surface area contributed by atoms with Crippen LogP contribution in [-0.4, -0.2) is 67.3 Å². The molecule has 1 aliphatic rings. The van der Waals surface area contributed by atoms with Gasteiger partial charge in [0.1, 0.15) is 0 Å². The predicted octanol–water partition coefficient (Wildman–Crippen LogP) is 3.59. The number of benzene rings is 2. The summed E-state index contributed by atoms with van der Waals surface area (Å²) in [5.41, 5.74) is -2.73. The molecule has 39 heavy (non-hydrogen) atoms. The Hall–Kier alpha value is -2.67. The van der Waals surface area contributed by atoms with Gasteiger partial charge in [-0.25, -0.2) is 13.2 Å². The molecule has 1 aliphatic heterocycles. The van der Waals surface area contributed by atoms with E-state index in [4.69, 9.17) is 11.6 Å². The highest BCUT2D eigenvalue weighted by Crippen LogP contribution is 2.35. The zero-order valence-corrected chi connectivity index (χ0v) is 23.4. The van der Waals surface area contributed by atoms with Crippen molar-refractivity contribution in [1.29, 1.82) is 0 Å². The van der Waals surface area contributed by atoms with E-state index in [0.29, 0.717) is 23.6 Å². The van der Waals surface area contributed by atoms with Crippen LogP contribution >= 0.6 is 11.6 Å². The molecular formula is C26H30ClF3N4O4S. The molecule has 0 radical (unpaired) electrons. The maximum atomic E-state index is 14.1. The lowest BCUT2D eigenvalue weighted by Gasteiger charge is -2.21. The highest BCUT2D eigenvalue weighted by atomic mass is 35.5. The molecule has 4 rings (SSSR count). The SMILES string of the molecule is CCS(=O)(=O)c1ccc(Cl)cc1Cn1c(=O)[nH]c2cc(CN3CCC(CN(C)C)C3)c(C(F)(F)F)cc2c1=O. The summed E-state index contributed by atoms with van der Waals surface area (Å²) in [4.78, 5) is 32.7. The minimum Gasteiger partial charge on any atom is -0.309 e. The molecule has 8 nitrogen and oxygen atoms in total. The third-order valence-corrected chi connectivity index (χ3v) is 9.03. The number of nitrogens with zero attached hydrogens (tertiary/aromatic N) is 3. The van der Waals surface area contributed by atoms with Crippen LogP contribution in [0, 0.1) is 5.92 Å². The van der Waals surface area contributed by atoms with Gasteiger partial charge in [0, 0.05) is 24.7 Å². The van der Waals surface area contributed by atoms with E-state index in [1.54, 1.807) is 0 Å². The van der Waals surface area contributed by atoms with E-state index < -0.39 is 39.4 Å². The van der Waals surface area contributed by atoms with Gasteiger partial charge in [-0.05, 0) is 74.4 Å². The van der Waals surface area contributed by atoms with E-state index in [0.717, 1.165) is 19.0 Å². The molecule has 1 unspecified atom stereocenters. The Labute approximate surface area is 228 Å². The minimum absolute atomic E-state index is 0.0132. The number of fused-ring (bicyclic) bond motifs is 1. The van der Waals surface area contributed by atoms with Crippen LogP contribution in [0.3, 0.4) is 0 Å². The van der Waals surface area contributed by atoms with Crippen molar-refractivity contribution in [2.75, 3.05) is 39.5 Å². The summed E-state index contributed by atoms with van der Waals surface area (Å²) in [6, 6.07) is 5.98. The van der Waals surface area contributed by atoms with Gasteiger partial charge in [0.25, 0.3) is 5.56 Å². The summed E-state index contributed by atoms with van der Waals surface area (Å²) in [6.07, 6.45) is -3.86. The van der Waals surface area contributed by atoms with Gasteiger partial charge in [-0.15, -0.1) is 0 Å². The number of aromatic amines is 1. The van der Waals surface area contributed by atoms with Crippen LogP contribution in [0.1, 0.15) is 30.0 Å². The summed E-state index contributed by atoms with van der Waals surface area (Å²) >= 11 is 6.04. The Morgan fingerprint density at radius 3 is 2.46 bits per heavy atom. The maximum absolute atomic E-state index is 14.1. The van der Waals surface area contributed by atoms with Crippen LogP contribution < -0.4 is 11.2 Å². The fourth-order valence-corrected chi connectivity index (χ4v) is 6.45.